The Morgan fingerprint density at radius 2 is 2.28 bits per heavy atom. The summed E-state index contributed by atoms with van der Waals surface area (Å²) in [5.41, 5.74) is 0.729. The van der Waals surface area contributed by atoms with Gasteiger partial charge in [0, 0.05) is 18.7 Å². The Morgan fingerprint density at radius 3 is 2.78 bits per heavy atom. The first-order valence-corrected chi connectivity index (χ1v) is 5.54. The predicted molar refractivity (Wildman–Crippen MR) is 64.2 cm³/mol. The monoisotopic (exact) mass is 250 g/mol. The van der Waals surface area contributed by atoms with Crippen molar-refractivity contribution >= 4 is 5.97 Å². The van der Waals surface area contributed by atoms with Crippen molar-refractivity contribution in [1.29, 1.82) is 5.26 Å². The standard InChI is InChI=1S/C13H15FN2O2/c1-9(13(17)18)7-16(2)8-11-4-3-10(6-15)5-12(11)14/h3-5,9H,7-8H2,1-2H3,(H,17,18). The molecule has 1 unspecified atom stereocenters. The van der Waals surface area contributed by atoms with Gasteiger partial charge >= 0.3 is 5.97 Å². The van der Waals surface area contributed by atoms with E-state index in [1.54, 1.807) is 31.0 Å². The number of nitrogens with zero attached hydrogens (tertiary/aromatic N) is 2. The lowest BCUT2D eigenvalue weighted by Crippen LogP contribution is -2.28. The number of carbonyl (C=O) groups is 1. The second kappa shape index (κ2) is 6.12. The van der Waals surface area contributed by atoms with E-state index >= 15 is 0 Å². The van der Waals surface area contributed by atoms with Gasteiger partial charge in [0.05, 0.1) is 17.6 Å². The Hall–Kier alpha value is -1.93. The molecule has 0 fully saturated rings. The molecule has 18 heavy (non-hydrogen) atoms. The first-order valence-electron chi connectivity index (χ1n) is 5.54. The summed E-state index contributed by atoms with van der Waals surface area (Å²) in [5.74, 6) is -1.82. The Morgan fingerprint density at radius 1 is 1.61 bits per heavy atom. The Kier molecular flexibility index (Phi) is 4.81. The number of rotatable bonds is 5. The molecule has 0 aliphatic carbocycles. The van der Waals surface area contributed by atoms with E-state index in [2.05, 4.69) is 0 Å². The van der Waals surface area contributed by atoms with Crippen molar-refractivity contribution in [3.05, 3.63) is 35.1 Å². The van der Waals surface area contributed by atoms with Gasteiger partial charge < -0.3 is 10.0 Å². The van der Waals surface area contributed by atoms with Gasteiger partial charge in [0.1, 0.15) is 5.82 Å². The van der Waals surface area contributed by atoms with E-state index < -0.39 is 17.7 Å². The molecular weight excluding hydrogens is 235 g/mol. The van der Waals surface area contributed by atoms with Gasteiger partial charge in [-0.1, -0.05) is 13.0 Å². The molecule has 1 N–H and O–H groups in total. The van der Waals surface area contributed by atoms with Gasteiger partial charge in [-0.25, -0.2) is 4.39 Å². The molecule has 0 amide bonds. The summed E-state index contributed by atoms with van der Waals surface area (Å²) in [5, 5.41) is 17.4. The zero-order chi connectivity index (χ0) is 13.7. The normalized spacial score (nSPS) is 12.2. The topological polar surface area (TPSA) is 64.3 Å². The number of hydrogen-bond acceptors (Lipinski definition) is 3. The lowest BCUT2D eigenvalue weighted by molar-refractivity contribution is -0.141. The molecule has 1 aromatic carbocycles. The number of carboxylic acid groups (broad SMARTS) is 1. The number of carboxylic acids is 1. The molecular formula is C13H15FN2O2. The van der Waals surface area contributed by atoms with Crippen LogP contribution in [-0.4, -0.2) is 29.6 Å². The average Bonchev–Trinajstić information content (AvgIpc) is 2.31. The van der Waals surface area contributed by atoms with Crippen LogP contribution in [0.15, 0.2) is 18.2 Å². The summed E-state index contributed by atoms with van der Waals surface area (Å²) in [6.45, 7) is 2.26. The highest BCUT2D eigenvalue weighted by atomic mass is 19.1. The highest BCUT2D eigenvalue weighted by molar-refractivity contribution is 5.69. The van der Waals surface area contributed by atoms with Gasteiger partial charge in [0.2, 0.25) is 0 Å². The largest absolute Gasteiger partial charge is 0.481 e. The molecule has 0 saturated heterocycles. The molecule has 4 nitrogen and oxygen atoms in total. The smallest absolute Gasteiger partial charge is 0.307 e. The SMILES string of the molecule is CC(CN(C)Cc1ccc(C#N)cc1F)C(=O)O. The maximum Gasteiger partial charge on any atom is 0.307 e. The van der Waals surface area contributed by atoms with Crippen molar-refractivity contribution in [2.75, 3.05) is 13.6 Å². The van der Waals surface area contributed by atoms with Gasteiger partial charge in [-0.15, -0.1) is 0 Å². The molecule has 0 radical (unpaired) electrons. The van der Waals surface area contributed by atoms with Crippen molar-refractivity contribution in [2.45, 2.75) is 13.5 Å². The Balaban J connectivity index is 2.68. The van der Waals surface area contributed by atoms with E-state index in [4.69, 9.17) is 10.4 Å². The van der Waals surface area contributed by atoms with E-state index in [1.807, 2.05) is 6.07 Å². The second-order valence-corrected chi connectivity index (χ2v) is 4.35. The zero-order valence-electron chi connectivity index (χ0n) is 10.4. The van der Waals surface area contributed by atoms with Gasteiger partial charge in [0.15, 0.2) is 0 Å². The van der Waals surface area contributed by atoms with Crippen molar-refractivity contribution in [3.8, 4) is 6.07 Å². The number of halogens is 1. The third kappa shape index (κ3) is 3.82. The maximum atomic E-state index is 13.6. The molecule has 0 aliphatic rings. The van der Waals surface area contributed by atoms with Crippen molar-refractivity contribution < 1.29 is 14.3 Å². The van der Waals surface area contributed by atoms with Crippen molar-refractivity contribution in [2.24, 2.45) is 5.92 Å². The Bertz CT molecular complexity index is 482. The predicted octanol–water partition coefficient (Wildman–Crippen LogP) is 1.85. The molecule has 0 saturated carbocycles. The third-order valence-electron chi connectivity index (χ3n) is 2.63. The van der Waals surface area contributed by atoms with Crippen LogP contribution in [-0.2, 0) is 11.3 Å². The van der Waals surface area contributed by atoms with Crippen LogP contribution in [0.5, 0.6) is 0 Å². The fourth-order valence-corrected chi connectivity index (χ4v) is 1.65. The molecule has 0 bridgehead atoms. The lowest BCUT2D eigenvalue weighted by atomic mass is 10.1. The third-order valence-corrected chi connectivity index (χ3v) is 2.63. The van der Waals surface area contributed by atoms with E-state index in [0.717, 1.165) is 0 Å². The van der Waals surface area contributed by atoms with Crippen LogP contribution in [0.3, 0.4) is 0 Å². The number of nitriles is 1. The van der Waals surface area contributed by atoms with Crippen LogP contribution in [0.1, 0.15) is 18.1 Å². The van der Waals surface area contributed by atoms with Crippen LogP contribution in [0, 0.1) is 23.1 Å². The van der Waals surface area contributed by atoms with Crippen LogP contribution in [0.2, 0.25) is 0 Å². The quantitative estimate of drug-likeness (QED) is 0.866. The summed E-state index contributed by atoms with van der Waals surface area (Å²) in [6.07, 6.45) is 0. The summed E-state index contributed by atoms with van der Waals surface area (Å²) in [6, 6.07) is 6.15. The maximum absolute atomic E-state index is 13.6. The van der Waals surface area contributed by atoms with E-state index in [-0.39, 0.29) is 5.56 Å². The molecule has 0 spiro atoms. The minimum Gasteiger partial charge on any atom is -0.481 e. The van der Waals surface area contributed by atoms with Gasteiger partial charge in [-0.05, 0) is 19.2 Å². The fourth-order valence-electron chi connectivity index (χ4n) is 1.65. The Labute approximate surface area is 105 Å². The minimum atomic E-state index is -0.873. The summed E-state index contributed by atoms with van der Waals surface area (Å²) < 4.78 is 13.6. The number of benzene rings is 1. The first-order chi connectivity index (χ1) is 8.43. The summed E-state index contributed by atoms with van der Waals surface area (Å²) >= 11 is 0. The fraction of sp³-hybridized carbons (Fsp3) is 0.385. The number of hydrogen-bond donors (Lipinski definition) is 1. The molecule has 5 heteroatoms. The lowest BCUT2D eigenvalue weighted by Gasteiger charge is -2.19. The van der Waals surface area contributed by atoms with Gasteiger partial charge in [-0.3, -0.25) is 4.79 Å². The molecule has 0 aliphatic heterocycles. The molecule has 0 heterocycles. The van der Waals surface area contributed by atoms with Crippen LogP contribution < -0.4 is 0 Å². The van der Waals surface area contributed by atoms with Crippen molar-refractivity contribution in [1.82, 2.24) is 4.90 Å². The van der Waals surface area contributed by atoms with E-state index in [9.17, 15) is 9.18 Å². The summed E-state index contributed by atoms with van der Waals surface area (Å²) in [4.78, 5) is 12.4. The summed E-state index contributed by atoms with van der Waals surface area (Å²) in [7, 11) is 1.73. The zero-order valence-corrected chi connectivity index (χ0v) is 10.4. The van der Waals surface area contributed by atoms with E-state index in [0.29, 0.717) is 18.7 Å². The first kappa shape index (κ1) is 14.1. The van der Waals surface area contributed by atoms with Crippen molar-refractivity contribution in [3.63, 3.8) is 0 Å². The molecule has 96 valence electrons. The van der Waals surface area contributed by atoms with Crippen LogP contribution in [0.4, 0.5) is 4.39 Å². The van der Waals surface area contributed by atoms with Crippen LogP contribution >= 0.6 is 0 Å². The van der Waals surface area contributed by atoms with Crippen LogP contribution in [0.25, 0.3) is 0 Å². The van der Waals surface area contributed by atoms with E-state index in [1.165, 1.54) is 6.07 Å². The molecule has 0 aromatic heterocycles. The van der Waals surface area contributed by atoms with Gasteiger partial charge in [-0.2, -0.15) is 5.26 Å². The van der Waals surface area contributed by atoms with Gasteiger partial charge in [0.25, 0.3) is 0 Å². The minimum absolute atomic E-state index is 0.276. The highest BCUT2D eigenvalue weighted by Gasteiger charge is 2.14. The average molecular weight is 250 g/mol. The second-order valence-electron chi connectivity index (χ2n) is 4.35. The molecule has 1 rings (SSSR count). The highest BCUT2D eigenvalue weighted by Crippen LogP contribution is 2.12. The molecule has 1 atom stereocenters. The molecule has 1 aromatic rings. The number of aliphatic carboxylic acids is 1.